The number of hydrogen-bond acceptors (Lipinski definition) is 8. The van der Waals surface area contributed by atoms with Gasteiger partial charge in [0.2, 0.25) is 0 Å². The van der Waals surface area contributed by atoms with Gasteiger partial charge in [-0.2, -0.15) is 9.59 Å². The zero-order chi connectivity index (χ0) is 19.5. The Hall–Kier alpha value is -1.85. The van der Waals surface area contributed by atoms with Crippen molar-refractivity contribution in [3.63, 3.8) is 0 Å². The molecule has 2 aromatic carbocycles. The summed E-state index contributed by atoms with van der Waals surface area (Å²) in [6.45, 7) is -0.181. The minimum absolute atomic E-state index is 0. The van der Waals surface area contributed by atoms with E-state index in [1.807, 2.05) is 0 Å². The van der Waals surface area contributed by atoms with Crippen molar-refractivity contribution >= 4 is 24.6 Å². The maximum Gasteiger partial charge on any atom is 1.00 e. The molecule has 0 unspecified atom stereocenters. The monoisotopic (exact) mass is 460 g/mol. The largest absolute Gasteiger partial charge is 1.00 e. The molecule has 164 valence electrons. The van der Waals surface area contributed by atoms with E-state index in [0.29, 0.717) is 5.56 Å². The van der Waals surface area contributed by atoms with Gasteiger partial charge in [0.15, 0.2) is 0 Å². The summed E-state index contributed by atoms with van der Waals surface area (Å²) in [7, 11) is 0. The fourth-order valence-electron chi connectivity index (χ4n) is 1.15. The molecule has 31 heavy (non-hydrogen) atoms. The van der Waals surface area contributed by atoms with Crippen LogP contribution in [0.15, 0.2) is 60.7 Å². The van der Waals surface area contributed by atoms with Crippen molar-refractivity contribution in [3.8, 4) is 0 Å². The first-order valence-corrected chi connectivity index (χ1v) is 6.20. The second kappa shape index (κ2) is 38.7. The fourth-order valence-corrected chi connectivity index (χ4v) is 1.15. The Bertz CT molecular complexity index is 612. The van der Waals surface area contributed by atoms with Gasteiger partial charge in [0.1, 0.15) is 0 Å². The molecule has 0 heterocycles. The molecule has 2 rings (SSSR count). The van der Waals surface area contributed by atoms with Crippen LogP contribution in [0.3, 0.4) is 0 Å². The Morgan fingerprint density at radius 1 is 0.839 bits per heavy atom. The Balaban J connectivity index is -0.0000000384. The molecule has 0 aliphatic rings. The van der Waals surface area contributed by atoms with Gasteiger partial charge in [0.05, 0.1) is 11.5 Å². The van der Waals surface area contributed by atoms with Crippen molar-refractivity contribution in [1.29, 1.82) is 0 Å². The van der Waals surface area contributed by atoms with Crippen molar-refractivity contribution in [2.24, 2.45) is 0 Å². The molecule has 0 atom stereocenters. The third kappa shape index (κ3) is 35.9. The predicted molar refractivity (Wildman–Crippen MR) is 100 cm³/mol. The smallest absolute Gasteiger partial charge is 0.662 e. The molecular formula is C19H26Na2O10. The maximum absolute atomic E-state index is 10.2. The van der Waals surface area contributed by atoms with Crippen molar-refractivity contribution in [2.45, 2.75) is 22.3 Å². The fraction of sp³-hybridized carbons (Fsp3) is 0.158. The van der Waals surface area contributed by atoms with E-state index in [0.717, 1.165) is 0 Å². The van der Waals surface area contributed by atoms with Crippen LogP contribution in [0.5, 0.6) is 0 Å². The molecule has 0 bridgehead atoms. The van der Waals surface area contributed by atoms with Gasteiger partial charge in [-0.15, -0.1) is 0 Å². The van der Waals surface area contributed by atoms with Crippen LogP contribution >= 0.6 is 0 Å². The molecule has 0 aliphatic carbocycles. The van der Waals surface area contributed by atoms with Gasteiger partial charge in [-0.1, -0.05) is 70.8 Å². The molecule has 0 aromatic heterocycles. The average Bonchev–Trinajstić information content (AvgIpc) is 2.64. The molecule has 0 saturated heterocycles. The second-order valence-electron chi connectivity index (χ2n) is 3.60. The van der Waals surface area contributed by atoms with Gasteiger partial charge in [-0.3, -0.25) is 4.79 Å². The molecular weight excluding hydrogens is 434 g/mol. The van der Waals surface area contributed by atoms with Gasteiger partial charge < -0.3 is 30.6 Å². The average molecular weight is 460 g/mol. The Morgan fingerprint density at radius 2 is 1.10 bits per heavy atom. The topological polar surface area (TPSA) is 192 Å². The third-order valence-corrected chi connectivity index (χ3v) is 2.07. The second-order valence-corrected chi connectivity index (χ2v) is 3.60. The Morgan fingerprint density at radius 3 is 1.23 bits per heavy atom. The van der Waals surface area contributed by atoms with Crippen molar-refractivity contribution < 1.29 is 109 Å². The molecule has 12 heteroatoms. The number of hydrogen-bond donors (Lipinski definition) is 1. The molecule has 0 spiro atoms. The Kier molecular flexibility index (Phi) is 64.5. The quantitative estimate of drug-likeness (QED) is 0.201. The first kappa shape index (κ1) is 51.6. The summed E-state index contributed by atoms with van der Waals surface area (Å²) in [5, 5.41) is 26.9. The summed E-state index contributed by atoms with van der Waals surface area (Å²) in [5.41, 5.74) is 0.551. The van der Waals surface area contributed by atoms with Crippen LogP contribution in [0.4, 0.5) is 0 Å². The van der Waals surface area contributed by atoms with Crippen LogP contribution in [-0.2, 0) is 19.3 Å². The van der Waals surface area contributed by atoms with Crippen LogP contribution in [0.2, 0.25) is 0 Å². The van der Waals surface area contributed by atoms with Crippen molar-refractivity contribution in [2.75, 3.05) is 0 Å². The molecule has 0 fully saturated rings. The van der Waals surface area contributed by atoms with Crippen molar-refractivity contribution in [3.05, 3.63) is 71.8 Å². The van der Waals surface area contributed by atoms with Crippen LogP contribution in [0, 0.1) is 0 Å². The minimum Gasteiger partial charge on any atom is -0.662 e. The van der Waals surface area contributed by atoms with Gasteiger partial charge >= 0.3 is 71.2 Å². The van der Waals surface area contributed by atoms with E-state index in [-0.39, 0.29) is 105 Å². The maximum atomic E-state index is 10.2. The van der Waals surface area contributed by atoms with E-state index >= 15 is 0 Å². The van der Waals surface area contributed by atoms with Gasteiger partial charge in [0.25, 0.3) is 6.47 Å². The molecule has 0 aliphatic heterocycles. The van der Waals surface area contributed by atoms with Crippen LogP contribution in [-0.4, -0.2) is 35.1 Å². The molecule has 3 N–H and O–H groups in total. The number of benzene rings is 2. The van der Waals surface area contributed by atoms with E-state index in [1.165, 1.54) is 12.1 Å². The zero-order valence-electron chi connectivity index (χ0n) is 15.1. The van der Waals surface area contributed by atoms with E-state index < -0.39 is 11.9 Å². The number of carbonyl (C=O) groups excluding carboxylic acids is 4. The van der Waals surface area contributed by atoms with Crippen LogP contribution < -0.4 is 69.5 Å². The molecule has 0 radical (unpaired) electrons. The van der Waals surface area contributed by atoms with E-state index in [2.05, 4.69) is 4.89 Å². The molecule has 0 amide bonds. The van der Waals surface area contributed by atoms with Crippen LogP contribution in [0.25, 0.3) is 0 Å². The minimum atomic E-state index is -1.13. The van der Waals surface area contributed by atoms with Gasteiger partial charge in [-0.05, 0) is 17.7 Å². The van der Waals surface area contributed by atoms with Crippen LogP contribution in [0.1, 0.15) is 43.0 Å². The summed E-state index contributed by atoms with van der Waals surface area (Å²) in [4.78, 5) is 47.8. The van der Waals surface area contributed by atoms with E-state index in [9.17, 15) is 14.7 Å². The number of carboxylic acid groups (broad SMARTS) is 2. The Labute approximate surface area is 226 Å². The zero-order valence-corrected chi connectivity index (χ0v) is 19.1. The number of carboxylic acids is 2. The summed E-state index contributed by atoms with van der Waals surface area (Å²) in [6.07, 6.45) is 0.250. The summed E-state index contributed by atoms with van der Waals surface area (Å²) in [6, 6.07) is 16.4. The molecule has 0 saturated carbocycles. The van der Waals surface area contributed by atoms with Crippen molar-refractivity contribution in [1.82, 2.24) is 0 Å². The SMILES string of the molecule is C.C.C.O.O=C(O)c1ccccc1.O=C([O-])c1ccccc1.O=C=O.O=CO[O-].[Na+].[Na+]. The van der Waals surface area contributed by atoms with E-state index in [1.54, 1.807) is 48.5 Å². The summed E-state index contributed by atoms with van der Waals surface area (Å²) < 4.78 is 0. The number of aromatic carboxylic acids is 2. The third-order valence-electron chi connectivity index (χ3n) is 2.07. The van der Waals surface area contributed by atoms with Gasteiger partial charge in [-0.25, -0.2) is 4.79 Å². The number of rotatable bonds is 3. The standard InChI is InChI=1S/2C7H6O2.CH2O3.CO2.3CH4.2Na.H2O/c2*8-7(9)6-4-2-1-3-5-6;2-1-4-3;2-1-3;;;;;;/h2*1-5H,(H,8,9);1,3H;;3*1H4;;;1H2/q;;;;;;;2*+1;/p-2. The number of carbonyl (C=O) groups is 3. The summed E-state index contributed by atoms with van der Waals surface area (Å²) >= 11 is 0. The molecule has 2 aromatic rings. The first-order valence-electron chi connectivity index (χ1n) is 6.20. The predicted octanol–water partition coefficient (Wildman–Crippen LogP) is -5.62. The van der Waals surface area contributed by atoms with E-state index in [4.69, 9.17) is 24.7 Å². The van der Waals surface area contributed by atoms with Gasteiger partial charge in [0, 0.05) is 0 Å². The first-order chi connectivity index (χ1) is 11.9. The normalized spacial score (nSPS) is 6.10. The summed E-state index contributed by atoms with van der Waals surface area (Å²) in [5.74, 6) is -2.01. The molecule has 10 nitrogen and oxygen atoms in total.